The van der Waals surface area contributed by atoms with Gasteiger partial charge >= 0.3 is 11.9 Å². The third-order valence-electron chi connectivity index (χ3n) is 14.0. The number of aryl methyl sites for hydroxylation is 1. The summed E-state index contributed by atoms with van der Waals surface area (Å²) < 4.78 is 30.9. The number of fused-ring (bicyclic) bond motifs is 10. The average molecular weight is 806 g/mol. The summed E-state index contributed by atoms with van der Waals surface area (Å²) in [5.74, 6) is 0.838. The second kappa shape index (κ2) is 12.3. The van der Waals surface area contributed by atoms with E-state index in [4.69, 9.17) is 23.7 Å². The van der Waals surface area contributed by atoms with Crippen LogP contribution < -0.4 is 24.3 Å². The van der Waals surface area contributed by atoms with Crippen molar-refractivity contribution in [3.8, 4) is 34.8 Å². The summed E-state index contributed by atoms with van der Waals surface area (Å²) in [5.41, 5.74) is 5.11. The minimum Gasteiger partial charge on any atom is -0.504 e. The number of piperazine rings is 1. The zero-order valence-corrected chi connectivity index (χ0v) is 33.5. The summed E-state index contributed by atoms with van der Waals surface area (Å²) >= 11 is 1.50. The second-order valence-electron chi connectivity index (χ2n) is 16.9. The van der Waals surface area contributed by atoms with Gasteiger partial charge in [0, 0.05) is 69.5 Å². The maximum atomic E-state index is 15.1. The number of aromatic amines is 1. The van der Waals surface area contributed by atoms with Gasteiger partial charge in [0.15, 0.2) is 28.5 Å². The minimum atomic E-state index is -1.42. The summed E-state index contributed by atoms with van der Waals surface area (Å²) in [5, 5.41) is 38.1. The SMILES string of the molecule is COc1c(C)cc2c(c1O)[C@H]1[C@@H]3[C@@H]4SC[C@]5(N[C@H](CO)Cc6c5[nH]c5ccccc65)C(=O)OC[C@@H](c5c6c(c(C)c(OC(C)=O)c54)OCO6)N3[C@@H](C#N)[C@@H]3CC2(C)N31. The van der Waals surface area contributed by atoms with Crippen LogP contribution in [-0.2, 0) is 31.8 Å². The maximum Gasteiger partial charge on any atom is 0.333 e. The van der Waals surface area contributed by atoms with E-state index in [1.54, 1.807) is 7.11 Å². The maximum absolute atomic E-state index is 15.1. The summed E-state index contributed by atoms with van der Waals surface area (Å²) in [6.07, 6.45) is 1.17. The molecule has 0 saturated carbocycles. The van der Waals surface area contributed by atoms with Crippen LogP contribution in [0.2, 0.25) is 0 Å². The third-order valence-corrected chi connectivity index (χ3v) is 15.5. The predicted molar refractivity (Wildman–Crippen MR) is 210 cm³/mol. The molecule has 2 bridgehead atoms. The lowest BCUT2D eigenvalue weighted by atomic mass is 9.70. The Bertz CT molecular complexity index is 2550. The van der Waals surface area contributed by atoms with Gasteiger partial charge in [0.2, 0.25) is 6.79 Å². The quantitative estimate of drug-likeness (QED) is 0.167. The molecule has 4 aromatic rings. The zero-order valence-electron chi connectivity index (χ0n) is 32.7. The highest BCUT2D eigenvalue weighted by Gasteiger charge is 2.71. The Balaban J connectivity index is 1.19. The molecule has 3 fully saturated rings. The van der Waals surface area contributed by atoms with E-state index < -0.39 is 58.5 Å². The van der Waals surface area contributed by atoms with E-state index in [9.17, 15) is 20.3 Å². The van der Waals surface area contributed by atoms with Crippen LogP contribution in [0.4, 0.5) is 0 Å². The molecule has 4 N–H and O–H groups in total. The molecule has 300 valence electrons. The molecule has 1 unspecified atom stereocenters. The fraction of sp³-hybridized carbons (Fsp3) is 0.465. The lowest BCUT2D eigenvalue weighted by Crippen LogP contribution is -2.75. The Morgan fingerprint density at radius 1 is 1.14 bits per heavy atom. The molecule has 58 heavy (non-hydrogen) atoms. The van der Waals surface area contributed by atoms with Gasteiger partial charge in [0.1, 0.15) is 18.4 Å². The highest BCUT2D eigenvalue weighted by atomic mass is 32.2. The first kappa shape index (κ1) is 36.1. The van der Waals surface area contributed by atoms with Gasteiger partial charge in [0.25, 0.3) is 0 Å². The van der Waals surface area contributed by atoms with Crippen molar-refractivity contribution in [2.45, 2.75) is 93.1 Å². The number of phenols is 1. The summed E-state index contributed by atoms with van der Waals surface area (Å²) in [4.78, 5) is 36.3. The van der Waals surface area contributed by atoms with Gasteiger partial charge in [-0.05, 0) is 62.4 Å². The normalized spacial score (nSPS) is 32.6. The van der Waals surface area contributed by atoms with Gasteiger partial charge in [-0.15, -0.1) is 11.8 Å². The number of nitrogens with zero attached hydrogens (tertiary/aromatic N) is 3. The number of aliphatic hydroxyl groups is 1. The van der Waals surface area contributed by atoms with Gasteiger partial charge < -0.3 is 38.9 Å². The summed E-state index contributed by atoms with van der Waals surface area (Å²) in [7, 11) is 1.55. The molecule has 0 amide bonds. The van der Waals surface area contributed by atoms with E-state index in [1.807, 2.05) is 38.1 Å². The molecule has 3 aromatic carbocycles. The van der Waals surface area contributed by atoms with E-state index in [1.165, 1.54) is 18.7 Å². The summed E-state index contributed by atoms with van der Waals surface area (Å²) in [6.45, 7) is 6.88. The number of methoxy groups -OCH3 is 1. The Hall–Kier alpha value is -4.98. The number of phenolic OH excluding ortho intramolecular Hbond substituents is 1. The largest absolute Gasteiger partial charge is 0.504 e. The number of nitrogens with one attached hydrogen (secondary N) is 2. The predicted octanol–water partition coefficient (Wildman–Crippen LogP) is 4.56. The van der Waals surface area contributed by atoms with Crippen LogP contribution in [0.3, 0.4) is 0 Å². The number of carbonyl (C=O) groups excluding carboxylic acids is 2. The molecule has 12 rings (SSSR count). The minimum absolute atomic E-state index is 0.0575. The molecule has 8 aliphatic heterocycles. The highest BCUT2D eigenvalue weighted by Crippen LogP contribution is 2.71. The van der Waals surface area contributed by atoms with Crippen molar-refractivity contribution < 1.29 is 43.5 Å². The molecule has 9 heterocycles. The molecule has 8 aliphatic rings. The molecule has 14 nitrogen and oxygen atoms in total. The number of hydrogen-bond donors (Lipinski definition) is 4. The number of thioether (sulfide) groups is 1. The smallest absolute Gasteiger partial charge is 0.333 e. The standard InChI is InChI=1S/C43H43N5O9S/c1-18-10-24-29(34(51)35(18)53-5)32-33-39-31-30(38-37(55-17-56-38)19(2)36(31)57-20(3)50)28(47(33)27(13-44)26-12-42(24,4)48(26)32)15-54-41(52)43(16-58-39)40-23(11-21(14-49)46-43)22-8-6-7-9-25(22)45-40/h6-10,21,26-28,32-33,39,45-46,49,51H,11-12,14-17H2,1-5H3/t21-,26-,27-,28-,32-,33+,39+,42?,43+/m0/s1. The second-order valence-corrected chi connectivity index (χ2v) is 18.0. The monoisotopic (exact) mass is 805 g/mol. The number of H-pyrrole nitrogens is 1. The molecule has 0 radical (unpaired) electrons. The first-order valence-electron chi connectivity index (χ1n) is 19.8. The number of aromatic nitrogens is 1. The molecule has 3 saturated heterocycles. The molecule has 0 aliphatic carbocycles. The number of aromatic hydroxyl groups is 1. The van der Waals surface area contributed by atoms with Crippen LogP contribution >= 0.6 is 11.8 Å². The fourth-order valence-electron chi connectivity index (χ4n) is 11.9. The van der Waals surface area contributed by atoms with E-state index in [-0.39, 0.29) is 37.6 Å². The van der Waals surface area contributed by atoms with E-state index >= 15 is 4.79 Å². The van der Waals surface area contributed by atoms with Crippen molar-refractivity contribution in [2.24, 2.45) is 0 Å². The number of aliphatic hydroxyl groups excluding tert-OH is 1. The van der Waals surface area contributed by atoms with Gasteiger partial charge in [-0.2, -0.15) is 5.26 Å². The first-order chi connectivity index (χ1) is 28.0. The van der Waals surface area contributed by atoms with Crippen molar-refractivity contribution in [3.63, 3.8) is 0 Å². The number of nitriles is 1. The number of carbonyl (C=O) groups is 2. The van der Waals surface area contributed by atoms with Crippen LogP contribution in [0.5, 0.6) is 28.7 Å². The Kier molecular flexibility index (Phi) is 7.65. The van der Waals surface area contributed by atoms with Crippen molar-refractivity contribution >= 4 is 34.6 Å². The molecule has 9 atom stereocenters. The lowest BCUT2D eigenvalue weighted by molar-refractivity contribution is -0.187. The first-order valence-corrected chi connectivity index (χ1v) is 20.8. The van der Waals surface area contributed by atoms with Crippen LogP contribution in [0.15, 0.2) is 30.3 Å². The van der Waals surface area contributed by atoms with Gasteiger partial charge in [-0.1, -0.05) is 18.2 Å². The van der Waals surface area contributed by atoms with Crippen molar-refractivity contribution in [2.75, 3.05) is 32.9 Å². The number of esters is 2. The van der Waals surface area contributed by atoms with Crippen LogP contribution in [-0.4, -0.2) is 94.0 Å². The number of rotatable bonds is 3. The van der Waals surface area contributed by atoms with E-state index in [2.05, 4.69) is 39.2 Å². The lowest BCUT2D eigenvalue weighted by Gasteiger charge is -2.66. The summed E-state index contributed by atoms with van der Waals surface area (Å²) in [6, 6.07) is 9.66. The average Bonchev–Trinajstić information content (AvgIpc) is 3.90. The van der Waals surface area contributed by atoms with Crippen LogP contribution in [0.1, 0.15) is 82.2 Å². The van der Waals surface area contributed by atoms with Crippen molar-refractivity contribution in [1.29, 1.82) is 5.26 Å². The molecular formula is C43H43N5O9S. The number of benzene rings is 3. The van der Waals surface area contributed by atoms with Gasteiger partial charge in [0.05, 0.1) is 42.8 Å². The molecule has 15 heteroatoms. The Morgan fingerprint density at radius 2 is 1.93 bits per heavy atom. The van der Waals surface area contributed by atoms with Gasteiger partial charge in [-0.3, -0.25) is 19.9 Å². The molecule has 1 spiro atoms. The van der Waals surface area contributed by atoms with Gasteiger partial charge in [-0.25, -0.2) is 4.79 Å². The number of ether oxygens (including phenoxy) is 5. The molecule has 1 aromatic heterocycles. The van der Waals surface area contributed by atoms with E-state index in [0.29, 0.717) is 58.2 Å². The highest BCUT2D eigenvalue weighted by molar-refractivity contribution is 7.99. The number of para-hydroxylation sites is 1. The fourth-order valence-corrected chi connectivity index (χ4v) is 13.5. The van der Waals surface area contributed by atoms with Crippen LogP contribution in [0.25, 0.3) is 10.9 Å². The topological polar surface area (TPSA) is 179 Å². The van der Waals surface area contributed by atoms with Crippen molar-refractivity contribution in [1.82, 2.24) is 20.1 Å². The third kappa shape index (κ3) is 4.36. The zero-order chi connectivity index (χ0) is 40.2. The van der Waals surface area contributed by atoms with Crippen molar-refractivity contribution in [3.05, 3.63) is 75.0 Å². The molecular weight excluding hydrogens is 763 g/mol. The number of hydrogen-bond acceptors (Lipinski definition) is 14. The Morgan fingerprint density at radius 3 is 2.69 bits per heavy atom. The van der Waals surface area contributed by atoms with E-state index in [0.717, 1.165) is 33.2 Å². The van der Waals surface area contributed by atoms with Crippen LogP contribution in [0, 0.1) is 25.2 Å². The Labute approximate surface area is 338 Å².